The molecular weight excluding hydrogens is 476 g/mol. The highest BCUT2D eigenvalue weighted by Crippen LogP contribution is 2.22. The molecule has 0 saturated carbocycles. The molecule has 1 aliphatic rings. The largest absolute Gasteiger partial charge is 0.395 e. The lowest BCUT2D eigenvalue weighted by molar-refractivity contribution is -0.118. The van der Waals surface area contributed by atoms with Gasteiger partial charge in [0.15, 0.2) is 16.3 Å². The number of carbonyl (C=O) groups is 1. The van der Waals surface area contributed by atoms with E-state index in [-0.39, 0.29) is 42.2 Å². The lowest BCUT2D eigenvalue weighted by atomic mass is 10.4. The van der Waals surface area contributed by atoms with Crippen LogP contribution in [0.1, 0.15) is 6.42 Å². The van der Waals surface area contributed by atoms with Gasteiger partial charge in [0.2, 0.25) is 15.9 Å². The summed E-state index contributed by atoms with van der Waals surface area (Å²) in [7, 11) is -0.904. The van der Waals surface area contributed by atoms with Crippen LogP contribution in [0.2, 0.25) is 0 Å². The van der Waals surface area contributed by atoms with Crippen LogP contribution in [0.25, 0.3) is 11.2 Å². The highest BCUT2D eigenvalue weighted by molar-refractivity contribution is 7.99. The average Bonchev–Trinajstić information content (AvgIpc) is 3.14. The van der Waals surface area contributed by atoms with Gasteiger partial charge in [-0.05, 0) is 0 Å². The van der Waals surface area contributed by atoms with E-state index in [1.165, 1.54) is 18.7 Å². The number of aromatic nitrogens is 4. The van der Waals surface area contributed by atoms with Gasteiger partial charge in [-0.15, -0.1) is 0 Å². The third kappa shape index (κ3) is 6.03. The smallest absolute Gasteiger partial charge is 0.332 e. The van der Waals surface area contributed by atoms with Crippen LogP contribution in [0.5, 0.6) is 0 Å². The van der Waals surface area contributed by atoms with E-state index in [2.05, 4.69) is 9.71 Å². The maximum Gasteiger partial charge on any atom is 0.332 e. The van der Waals surface area contributed by atoms with Crippen LogP contribution in [0.15, 0.2) is 14.7 Å². The Balaban J connectivity index is 1.63. The topological polar surface area (TPSA) is 158 Å². The molecule has 1 amide bonds. The monoisotopic (exact) mass is 504 g/mol. The quantitative estimate of drug-likeness (QED) is 0.337. The van der Waals surface area contributed by atoms with Gasteiger partial charge >= 0.3 is 5.69 Å². The number of morpholine rings is 1. The van der Waals surface area contributed by atoms with E-state index in [4.69, 9.17) is 4.74 Å². The van der Waals surface area contributed by atoms with Gasteiger partial charge in [0, 0.05) is 52.4 Å². The zero-order valence-corrected chi connectivity index (χ0v) is 20.2. The normalized spacial score (nSPS) is 15.2. The van der Waals surface area contributed by atoms with Crippen LogP contribution >= 0.6 is 11.8 Å². The fourth-order valence-corrected chi connectivity index (χ4v) is 5.47. The van der Waals surface area contributed by atoms with Gasteiger partial charge in [-0.1, -0.05) is 11.8 Å². The van der Waals surface area contributed by atoms with Crippen molar-refractivity contribution in [3.8, 4) is 0 Å². The SMILES string of the molecule is Cn1c(=O)c2nc(SCCC(=O)NS(=O)(=O)CCN3CCOCC3)n(CCO)c2n(C)c1=O. The zero-order chi connectivity index (χ0) is 24.2. The summed E-state index contributed by atoms with van der Waals surface area (Å²) in [6, 6.07) is 0. The molecule has 0 atom stereocenters. The third-order valence-electron chi connectivity index (χ3n) is 5.24. The van der Waals surface area contributed by atoms with Crippen molar-refractivity contribution >= 4 is 38.9 Å². The molecule has 3 rings (SSSR count). The molecule has 0 radical (unpaired) electrons. The standard InChI is InChI=1S/C18H28N6O7S2/c1-21-15-14(16(27)22(2)18(21)28)19-17(24(15)4-8-25)32-11-3-13(26)20-33(29,30)12-7-23-5-9-31-10-6-23/h25H,3-12H2,1-2H3,(H,20,26). The van der Waals surface area contributed by atoms with E-state index < -0.39 is 27.2 Å². The molecule has 2 aromatic rings. The average molecular weight is 505 g/mol. The van der Waals surface area contributed by atoms with E-state index in [9.17, 15) is 27.9 Å². The molecule has 13 nitrogen and oxygen atoms in total. The number of amides is 1. The van der Waals surface area contributed by atoms with Crippen LogP contribution in [-0.4, -0.2) is 94.0 Å². The van der Waals surface area contributed by atoms with E-state index in [1.54, 1.807) is 4.57 Å². The van der Waals surface area contributed by atoms with Crippen LogP contribution in [0.3, 0.4) is 0 Å². The lowest BCUT2D eigenvalue weighted by Gasteiger charge is -2.26. The van der Waals surface area contributed by atoms with Crippen molar-refractivity contribution in [3.63, 3.8) is 0 Å². The zero-order valence-electron chi connectivity index (χ0n) is 18.5. The number of nitrogens with zero attached hydrogens (tertiary/aromatic N) is 5. The van der Waals surface area contributed by atoms with Crippen molar-refractivity contribution < 1.29 is 23.1 Å². The first kappa shape index (κ1) is 25.4. The van der Waals surface area contributed by atoms with Crippen molar-refractivity contribution in [3.05, 3.63) is 20.8 Å². The van der Waals surface area contributed by atoms with Crippen molar-refractivity contribution in [2.24, 2.45) is 14.1 Å². The predicted octanol–water partition coefficient (Wildman–Crippen LogP) is -2.31. The van der Waals surface area contributed by atoms with Crippen molar-refractivity contribution in [2.45, 2.75) is 18.1 Å². The Morgan fingerprint density at radius 1 is 1.18 bits per heavy atom. The van der Waals surface area contributed by atoms with E-state index >= 15 is 0 Å². The Morgan fingerprint density at radius 3 is 2.55 bits per heavy atom. The van der Waals surface area contributed by atoms with Gasteiger partial charge in [0.05, 0.1) is 25.6 Å². The molecule has 1 fully saturated rings. The summed E-state index contributed by atoms with van der Waals surface area (Å²) in [5.74, 6) is -0.638. The highest BCUT2D eigenvalue weighted by Gasteiger charge is 2.21. The molecule has 15 heteroatoms. The first-order valence-electron chi connectivity index (χ1n) is 10.4. The van der Waals surface area contributed by atoms with Crippen molar-refractivity contribution in [1.82, 2.24) is 28.3 Å². The van der Waals surface area contributed by atoms with Gasteiger partial charge in [0.1, 0.15) is 0 Å². The molecule has 2 aromatic heterocycles. The number of aliphatic hydroxyl groups excluding tert-OH is 1. The Bertz CT molecular complexity index is 1230. The summed E-state index contributed by atoms with van der Waals surface area (Å²) in [6.07, 6.45) is -0.0965. The third-order valence-corrected chi connectivity index (χ3v) is 7.47. The summed E-state index contributed by atoms with van der Waals surface area (Å²) in [4.78, 5) is 43.1. The number of hydrogen-bond donors (Lipinski definition) is 2. The number of nitrogens with one attached hydrogen (secondary N) is 1. The summed E-state index contributed by atoms with van der Waals surface area (Å²) >= 11 is 1.13. The molecule has 33 heavy (non-hydrogen) atoms. The van der Waals surface area contributed by atoms with Crippen molar-refractivity contribution in [2.75, 3.05) is 51.0 Å². The number of sulfonamides is 1. The number of carbonyl (C=O) groups excluding carboxylic acids is 1. The molecule has 0 aromatic carbocycles. The van der Waals surface area contributed by atoms with E-state index in [0.717, 1.165) is 16.3 Å². The Hall–Kier alpha value is -2.20. The van der Waals surface area contributed by atoms with Crippen LogP contribution in [0, 0.1) is 0 Å². The number of aliphatic hydroxyl groups is 1. The molecule has 2 N–H and O–H groups in total. The summed E-state index contributed by atoms with van der Waals surface area (Å²) in [5, 5.41) is 9.77. The first-order valence-corrected chi connectivity index (χ1v) is 13.0. The maximum atomic E-state index is 12.4. The van der Waals surface area contributed by atoms with Crippen LogP contribution in [0.4, 0.5) is 0 Å². The van der Waals surface area contributed by atoms with Gasteiger partial charge in [-0.25, -0.2) is 18.2 Å². The van der Waals surface area contributed by atoms with Gasteiger partial charge < -0.3 is 14.4 Å². The number of imidazole rings is 1. The number of ether oxygens (including phenoxy) is 1. The first-order chi connectivity index (χ1) is 15.6. The summed E-state index contributed by atoms with van der Waals surface area (Å²) in [6.45, 7) is 2.61. The molecule has 0 aliphatic carbocycles. The van der Waals surface area contributed by atoms with Gasteiger partial charge in [-0.3, -0.25) is 28.3 Å². The van der Waals surface area contributed by atoms with Crippen molar-refractivity contribution in [1.29, 1.82) is 0 Å². The number of hydrogen-bond acceptors (Lipinski definition) is 10. The fraction of sp³-hybridized carbons (Fsp3) is 0.667. The Kier molecular flexibility index (Phi) is 8.33. The number of fused-ring (bicyclic) bond motifs is 1. The molecular formula is C18H28N6O7S2. The molecule has 0 unspecified atom stereocenters. The Labute approximate surface area is 194 Å². The molecule has 3 heterocycles. The summed E-state index contributed by atoms with van der Waals surface area (Å²) in [5.41, 5.74) is -0.735. The van der Waals surface area contributed by atoms with E-state index in [1.807, 2.05) is 4.90 Å². The van der Waals surface area contributed by atoms with Crippen LogP contribution < -0.4 is 16.0 Å². The summed E-state index contributed by atoms with van der Waals surface area (Å²) < 4.78 is 35.5. The fourth-order valence-electron chi connectivity index (χ4n) is 3.47. The van der Waals surface area contributed by atoms with Gasteiger partial charge in [0.25, 0.3) is 5.56 Å². The molecule has 1 aliphatic heterocycles. The molecule has 0 bridgehead atoms. The van der Waals surface area contributed by atoms with Crippen LogP contribution in [-0.2, 0) is 40.2 Å². The molecule has 1 saturated heterocycles. The minimum atomic E-state index is -3.76. The number of aryl methyl sites for hydroxylation is 1. The Morgan fingerprint density at radius 2 is 1.88 bits per heavy atom. The molecule has 0 spiro atoms. The minimum Gasteiger partial charge on any atom is -0.395 e. The molecule has 184 valence electrons. The van der Waals surface area contributed by atoms with Gasteiger partial charge in [-0.2, -0.15) is 0 Å². The lowest BCUT2D eigenvalue weighted by Crippen LogP contribution is -2.42. The maximum absolute atomic E-state index is 12.4. The number of rotatable bonds is 10. The predicted molar refractivity (Wildman–Crippen MR) is 122 cm³/mol. The number of thioether (sulfide) groups is 1. The second kappa shape index (κ2) is 10.8. The van der Waals surface area contributed by atoms with E-state index in [0.29, 0.717) is 38.0 Å². The minimum absolute atomic E-state index is 0.0747. The highest BCUT2D eigenvalue weighted by atomic mass is 32.2. The second-order valence-corrected chi connectivity index (χ2v) is 10.4. The second-order valence-electron chi connectivity index (χ2n) is 7.54.